The van der Waals surface area contributed by atoms with Gasteiger partial charge in [0.1, 0.15) is 11.1 Å². The van der Waals surface area contributed by atoms with E-state index in [4.69, 9.17) is 16.3 Å². The molecular formula is C17H17ClN4O2. The second-order valence-corrected chi connectivity index (χ2v) is 6.52. The van der Waals surface area contributed by atoms with Gasteiger partial charge in [0.15, 0.2) is 5.65 Å². The maximum absolute atomic E-state index is 12.4. The van der Waals surface area contributed by atoms with Crippen molar-refractivity contribution in [3.05, 3.63) is 45.5 Å². The molecule has 2 heterocycles. The molecule has 1 aliphatic carbocycles. The van der Waals surface area contributed by atoms with Crippen LogP contribution in [0.15, 0.2) is 29.1 Å². The Morgan fingerprint density at radius 3 is 2.88 bits per heavy atom. The molecule has 1 N–H and O–H groups in total. The second-order valence-electron chi connectivity index (χ2n) is 6.16. The van der Waals surface area contributed by atoms with Gasteiger partial charge in [-0.05, 0) is 49.1 Å². The van der Waals surface area contributed by atoms with Crippen molar-refractivity contribution in [2.24, 2.45) is 0 Å². The van der Waals surface area contributed by atoms with Crippen molar-refractivity contribution in [1.29, 1.82) is 0 Å². The van der Waals surface area contributed by atoms with Crippen LogP contribution in [-0.2, 0) is 0 Å². The van der Waals surface area contributed by atoms with Crippen LogP contribution < -0.4 is 10.3 Å². The summed E-state index contributed by atoms with van der Waals surface area (Å²) in [5, 5.41) is 4.96. The number of hydrogen-bond acceptors (Lipinski definition) is 4. The van der Waals surface area contributed by atoms with Crippen LogP contribution in [0.2, 0.25) is 5.28 Å². The third kappa shape index (κ3) is 2.67. The standard InChI is InChI=1S/C17H17ClN4O2/c1-10-5-4-8-12(9-10)24-16-13-14(19-17(18)20-15(13)23)22(21-16)11-6-2-3-7-11/h4-5,8-9,11H,2-3,6-7H2,1H3,(H,19,20,23). The van der Waals surface area contributed by atoms with E-state index in [2.05, 4.69) is 15.1 Å². The molecule has 1 fully saturated rings. The zero-order valence-electron chi connectivity index (χ0n) is 13.3. The molecular weight excluding hydrogens is 328 g/mol. The number of aromatic amines is 1. The largest absolute Gasteiger partial charge is 0.437 e. The number of halogens is 1. The quantitative estimate of drug-likeness (QED) is 0.729. The van der Waals surface area contributed by atoms with Crippen LogP contribution in [0.3, 0.4) is 0 Å². The predicted molar refractivity (Wildman–Crippen MR) is 91.9 cm³/mol. The Morgan fingerprint density at radius 1 is 1.33 bits per heavy atom. The van der Waals surface area contributed by atoms with Crippen molar-refractivity contribution < 1.29 is 4.74 Å². The van der Waals surface area contributed by atoms with Gasteiger partial charge in [0.2, 0.25) is 5.28 Å². The Kier molecular flexibility index (Phi) is 3.76. The molecule has 0 saturated heterocycles. The van der Waals surface area contributed by atoms with E-state index < -0.39 is 0 Å². The van der Waals surface area contributed by atoms with Crippen LogP contribution in [0.5, 0.6) is 11.6 Å². The molecule has 4 rings (SSSR count). The molecule has 1 aliphatic rings. The van der Waals surface area contributed by atoms with Crippen molar-refractivity contribution in [2.45, 2.75) is 38.6 Å². The van der Waals surface area contributed by atoms with E-state index in [9.17, 15) is 4.79 Å². The van der Waals surface area contributed by atoms with Crippen molar-refractivity contribution in [1.82, 2.24) is 19.7 Å². The van der Waals surface area contributed by atoms with E-state index >= 15 is 0 Å². The van der Waals surface area contributed by atoms with Gasteiger partial charge in [-0.15, -0.1) is 5.10 Å². The predicted octanol–water partition coefficient (Wildman–Crippen LogP) is 3.99. The Balaban J connectivity index is 1.87. The monoisotopic (exact) mass is 344 g/mol. The van der Waals surface area contributed by atoms with Gasteiger partial charge in [0.25, 0.3) is 11.4 Å². The number of rotatable bonds is 3. The lowest BCUT2D eigenvalue weighted by molar-refractivity contribution is 0.422. The summed E-state index contributed by atoms with van der Waals surface area (Å²) >= 11 is 5.94. The Labute approximate surface area is 143 Å². The lowest BCUT2D eigenvalue weighted by Crippen LogP contribution is -2.11. The lowest BCUT2D eigenvalue weighted by atomic mass is 10.2. The molecule has 0 unspecified atom stereocenters. The third-order valence-corrected chi connectivity index (χ3v) is 4.55. The minimum Gasteiger partial charge on any atom is -0.437 e. The maximum Gasteiger partial charge on any atom is 0.266 e. The minimum absolute atomic E-state index is 0.0637. The molecule has 0 atom stereocenters. The van der Waals surface area contributed by atoms with Crippen LogP contribution in [0.1, 0.15) is 37.3 Å². The molecule has 3 aromatic rings. The normalized spacial score (nSPS) is 15.2. The number of aromatic nitrogens is 4. The van der Waals surface area contributed by atoms with E-state index in [1.807, 2.05) is 31.2 Å². The summed E-state index contributed by atoms with van der Waals surface area (Å²) in [5.74, 6) is 0.912. The number of nitrogens with one attached hydrogen (secondary N) is 1. The average Bonchev–Trinajstić information content (AvgIpc) is 3.15. The number of aryl methyl sites for hydroxylation is 1. The number of hydrogen-bond donors (Lipinski definition) is 1. The van der Waals surface area contributed by atoms with Crippen molar-refractivity contribution in [2.75, 3.05) is 0 Å². The third-order valence-electron chi connectivity index (χ3n) is 4.38. The topological polar surface area (TPSA) is 72.8 Å². The fourth-order valence-electron chi connectivity index (χ4n) is 3.25. The summed E-state index contributed by atoms with van der Waals surface area (Å²) in [6.07, 6.45) is 4.34. The molecule has 6 nitrogen and oxygen atoms in total. The fourth-order valence-corrected chi connectivity index (χ4v) is 3.42. The van der Waals surface area contributed by atoms with E-state index in [1.54, 1.807) is 4.68 Å². The van der Waals surface area contributed by atoms with Crippen molar-refractivity contribution >= 4 is 22.6 Å². The van der Waals surface area contributed by atoms with E-state index in [1.165, 1.54) is 0 Å². The summed E-state index contributed by atoms with van der Waals surface area (Å²) < 4.78 is 7.70. The lowest BCUT2D eigenvalue weighted by Gasteiger charge is -2.09. The highest BCUT2D eigenvalue weighted by Crippen LogP contribution is 2.34. The number of nitrogens with zero attached hydrogens (tertiary/aromatic N) is 3. The summed E-state index contributed by atoms with van der Waals surface area (Å²) in [6.45, 7) is 1.98. The highest BCUT2D eigenvalue weighted by Gasteiger charge is 2.25. The van der Waals surface area contributed by atoms with Gasteiger partial charge in [-0.2, -0.15) is 4.98 Å². The molecule has 1 saturated carbocycles. The molecule has 0 bridgehead atoms. The SMILES string of the molecule is Cc1cccc(Oc2nn(C3CCCC3)c3nc(Cl)[nH]c(=O)c23)c1. The van der Waals surface area contributed by atoms with E-state index in [-0.39, 0.29) is 22.8 Å². The van der Waals surface area contributed by atoms with Gasteiger partial charge in [-0.25, -0.2) is 4.68 Å². The number of benzene rings is 1. The molecule has 124 valence electrons. The summed E-state index contributed by atoms with van der Waals surface area (Å²) in [4.78, 5) is 19.2. The minimum atomic E-state index is -0.336. The Hall–Kier alpha value is -2.34. The number of ether oxygens (including phenoxy) is 1. The van der Waals surface area contributed by atoms with Crippen LogP contribution >= 0.6 is 11.6 Å². The van der Waals surface area contributed by atoms with E-state index in [0.29, 0.717) is 16.8 Å². The summed E-state index contributed by atoms with van der Waals surface area (Å²) in [6, 6.07) is 7.85. The maximum atomic E-state index is 12.4. The zero-order chi connectivity index (χ0) is 16.7. The molecule has 24 heavy (non-hydrogen) atoms. The van der Waals surface area contributed by atoms with Crippen molar-refractivity contribution in [3.63, 3.8) is 0 Å². The first kappa shape index (κ1) is 15.2. The molecule has 0 aliphatic heterocycles. The van der Waals surface area contributed by atoms with Gasteiger partial charge in [0.05, 0.1) is 6.04 Å². The van der Waals surface area contributed by atoms with Gasteiger partial charge < -0.3 is 4.74 Å². The molecule has 0 spiro atoms. The zero-order valence-corrected chi connectivity index (χ0v) is 14.0. The van der Waals surface area contributed by atoms with E-state index in [0.717, 1.165) is 31.2 Å². The first-order chi connectivity index (χ1) is 11.6. The second kappa shape index (κ2) is 5.94. The van der Waals surface area contributed by atoms with Crippen LogP contribution in [0.25, 0.3) is 11.0 Å². The number of H-pyrrole nitrogens is 1. The number of fused-ring (bicyclic) bond motifs is 1. The summed E-state index contributed by atoms with van der Waals surface area (Å²) in [7, 11) is 0. The highest BCUT2D eigenvalue weighted by atomic mass is 35.5. The molecule has 0 radical (unpaired) electrons. The van der Waals surface area contributed by atoms with Gasteiger partial charge in [-0.1, -0.05) is 25.0 Å². The highest BCUT2D eigenvalue weighted by molar-refractivity contribution is 6.28. The molecule has 2 aromatic heterocycles. The Bertz CT molecular complexity index is 957. The Morgan fingerprint density at radius 2 is 2.12 bits per heavy atom. The molecule has 0 amide bonds. The van der Waals surface area contributed by atoms with Gasteiger partial charge >= 0.3 is 0 Å². The average molecular weight is 345 g/mol. The molecule has 7 heteroatoms. The summed E-state index contributed by atoms with van der Waals surface area (Å²) in [5.41, 5.74) is 1.22. The van der Waals surface area contributed by atoms with Crippen LogP contribution in [0, 0.1) is 6.92 Å². The van der Waals surface area contributed by atoms with Crippen molar-refractivity contribution in [3.8, 4) is 11.6 Å². The first-order valence-corrected chi connectivity index (χ1v) is 8.42. The molecule has 1 aromatic carbocycles. The van der Waals surface area contributed by atoms with Crippen LogP contribution in [-0.4, -0.2) is 19.7 Å². The van der Waals surface area contributed by atoms with Crippen LogP contribution in [0.4, 0.5) is 0 Å². The van der Waals surface area contributed by atoms with Gasteiger partial charge in [-0.3, -0.25) is 9.78 Å². The van der Waals surface area contributed by atoms with Gasteiger partial charge in [0, 0.05) is 0 Å². The first-order valence-electron chi connectivity index (χ1n) is 8.04. The smallest absolute Gasteiger partial charge is 0.266 e. The fraction of sp³-hybridized carbons (Fsp3) is 0.353.